The summed E-state index contributed by atoms with van der Waals surface area (Å²) < 4.78 is 34.6. The first kappa shape index (κ1) is 15.6. The van der Waals surface area contributed by atoms with E-state index < -0.39 is 6.29 Å². The quantitative estimate of drug-likeness (QED) is 0.829. The first-order valence-electron chi connectivity index (χ1n) is 9.10. The van der Waals surface area contributed by atoms with Gasteiger partial charge in [0.15, 0.2) is 29.3 Å². The Kier molecular flexibility index (Phi) is 3.32. The molecule has 7 heteroatoms. The second-order valence-corrected chi connectivity index (χ2v) is 7.01. The van der Waals surface area contributed by atoms with Crippen molar-refractivity contribution in [2.24, 2.45) is 0 Å². The average Bonchev–Trinajstić information content (AvgIpc) is 3.31. The molecule has 2 aromatic carbocycles. The molecule has 4 aliphatic rings. The fourth-order valence-electron chi connectivity index (χ4n) is 4.45. The predicted octanol–water partition coefficient (Wildman–Crippen LogP) is 2.75. The standard InChI is InChI=1S/C20H19NO6/c1-22-20-16-11(2-3-13-19(16)26-9-23-13)17-18(27-20)12-7-15-14(24-8-25-15)6-10(12)4-5-21-17/h2-3,6-7,17-18,20-21H,4-5,8-9H2,1H3/t17-,18+,20+/m1/s1. The Bertz CT molecular complexity index is 929. The molecule has 4 heterocycles. The molecule has 0 radical (unpaired) electrons. The van der Waals surface area contributed by atoms with E-state index in [9.17, 15) is 0 Å². The molecule has 0 unspecified atom stereocenters. The Hall–Kier alpha value is -2.48. The smallest absolute Gasteiger partial charge is 0.231 e. The van der Waals surface area contributed by atoms with Gasteiger partial charge < -0.3 is 33.7 Å². The number of fused-ring (bicyclic) bond motifs is 8. The first-order chi connectivity index (χ1) is 13.3. The van der Waals surface area contributed by atoms with E-state index in [-0.39, 0.29) is 25.7 Å². The van der Waals surface area contributed by atoms with Gasteiger partial charge in [0.2, 0.25) is 13.6 Å². The average molecular weight is 369 g/mol. The molecular weight excluding hydrogens is 350 g/mol. The third-order valence-corrected chi connectivity index (χ3v) is 5.67. The molecule has 6 rings (SSSR count). The lowest BCUT2D eigenvalue weighted by Gasteiger charge is -2.38. The van der Waals surface area contributed by atoms with E-state index in [2.05, 4.69) is 17.4 Å². The molecule has 2 aromatic rings. The molecule has 1 N–H and O–H groups in total. The van der Waals surface area contributed by atoms with Crippen LogP contribution in [0.3, 0.4) is 0 Å². The number of hydrogen-bond acceptors (Lipinski definition) is 7. The van der Waals surface area contributed by atoms with Crippen molar-refractivity contribution < 1.29 is 28.4 Å². The lowest BCUT2D eigenvalue weighted by molar-refractivity contribution is -0.181. The maximum Gasteiger partial charge on any atom is 0.231 e. The highest BCUT2D eigenvalue weighted by Crippen LogP contribution is 2.53. The van der Waals surface area contributed by atoms with Gasteiger partial charge in [0, 0.05) is 7.11 Å². The van der Waals surface area contributed by atoms with Gasteiger partial charge in [0.05, 0.1) is 11.6 Å². The highest BCUT2D eigenvalue weighted by Gasteiger charge is 2.42. The predicted molar refractivity (Wildman–Crippen MR) is 93.2 cm³/mol. The van der Waals surface area contributed by atoms with Crippen LogP contribution in [-0.4, -0.2) is 27.2 Å². The van der Waals surface area contributed by atoms with Gasteiger partial charge in [0.25, 0.3) is 0 Å². The molecule has 0 bridgehead atoms. The Morgan fingerprint density at radius 2 is 1.78 bits per heavy atom. The van der Waals surface area contributed by atoms with Crippen LogP contribution < -0.4 is 24.3 Å². The summed E-state index contributed by atoms with van der Waals surface area (Å²) in [5.41, 5.74) is 4.34. The van der Waals surface area contributed by atoms with Gasteiger partial charge >= 0.3 is 0 Å². The van der Waals surface area contributed by atoms with Crippen molar-refractivity contribution in [3.05, 3.63) is 46.5 Å². The summed E-state index contributed by atoms with van der Waals surface area (Å²) in [5.74, 6) is 3.02. The van der Waals surface area contributed by atoms with Gasteiger partial charge in [0.1, 0.15) is 6.10 Å². The first-order valence-corrected chi connectivity index (χ1v) is 9.10. The maximum atomic E-state index is 6.44. The zero-order valence-electron chi connectivity index (χ0n) is 14.8. The number of hydrogen-bond donors (Lipinski definition) is 1. The summed E-state index contributed by atoms with van der Waals surface area (Å²) in [4.78, 5) is 0. The second-order valence-electron chi connectivity index (χ2n) is 7.01. The van der Waals surface area contributed by atoms with Crippen LogP contribution in [0.4, 0.5) is 0 Å². The van der Waals surface area contributed by atoms with Crippen LogP contribution >= 0.6 is 0 Å². The fraction of sp³-hybridized carbons (Fsp3) is 0.400. The van der Waals surface area contributed by atoms with Crippen LogP contribution in [0.15, 0.2) is 24.3 Å². The Balaban J connectivity index is 1.51. The van der Waals surface area contributed by atoms with Gasteiger partial charge in [-0.25, -0.2) is 0 Å². The molecule has 4 aliphatic heterocycles. The molecule has 0 aromatic heterocycles. The Morgan fingerprint density at radius 1 is 0.963 bits per heavy atom. The van der Waals surface area contributed by atoms with Crippen LogP contribution in [0.5, 0.6) is 23.0 Å². The van der Waals surface area contributed by atoms with Gasteiger partial charge in [-0.2, -0.15) is 0 Å². The molecule has 0 saturated heterocycles. The van der Waals surface area contributed by atoms with Crippen molar-refractivity contribution in [3.8, 4) is 23.0 Å². The van der Waals surface area contributed by atoms with Crippen molar-refractivity contribution >= 4 is 0 Å². The topological polar surface area (TPSA) is 67.4 Å². The van der Waals surface area contributed by atoms with Crippen molar-refractivity contribution in [1.29, 1.82) is 0 Å². The highest BCUT2D eigenvalue weighted by atomic mass is 16.7. The van der Waals surface area contributed by atoms with Gasteiger partial charge in [-0.3, -0.25) is 0 Å². The van der Waals surface area contributed by atoms with Crippen molar-refractivity contribution in [2.75, 3.05) is 27.2 Å². The lowest BCUT2D eigenvalue weighted by atomic mass is 9.87. The Morgan fingerprint density at radius 3 is 2.67 bits per heavy atom. The number of nitrogens with one attached hydrogen (secondary N) is 1. The number of methoxy groups -OCH3 is 1. The maximum absolute atomic E-state index is 6.44. The summed E-state index contributed by atoms with van der Waals surface area (Å²) in [7, 11) is 1.65. The molecule has 7 nitrogen and oxygen atoms in total. The van der Waals surface area contributed by atoms with E-state index in [1.807, 2.05) is 12.1 Å². The highest BCUT2D eigenvalue weighted by molar-refractivity contribution is 5.56. The molecule has 27 heavy (non-hydrogen) atoms. The molecule has 140 valence electrons. The van der Waals surface area contributed by atoms with E-state index in [0.717, 1.165) is 52.7 Å². The van der Waals surface area contributed by atoms with Crippen LogP contribution in [0, 0.1) is 0 Å². The monoisotopic (exact) mass is 369 g/mol. The zero-order chi connectivity index (χ0) is 18.0. The molecule has 3 atom stereocenters. The van der Waals surface area contributed by atoms with Crippen LogP contribution in [0.25, 0.3) is 0 Å². The largest absolute Gasteiger partial charge is 0.454 e. The summed E-state index contributed by atoms with van der Waals surface area (Å²) >= 11 is 0. The third-order valence-electron chi connectivity index (χ3n) is 5.67. The zero-order valence-corrected chi connectivity index (χ0v) is 14.8. The summed E-state index contributed by atoms with van der Waals surface area (Å²) in [6.45, 7) is 1.32. The summed E-state index contributed by atoms with van der Waals surface area (Å²) in [6.07, 6.45) is 0.158. The number of ether oxygens (including phenoxy) is 6. The Labute approximate surface area is 156 Å². The number of benzene rings is 2. The van der Waals surface area contributed by atoms with E-state index in [1.54, 1.807) is 7.11 Å². The van der Waals surface area contributed by atoms with Gasteiger partial charge in [-0.1, -0.05) is 6.07 Å². The molecule has 0 amide bonds. The number of rotatable bonds is 1. The molecule has 0 aliphatic carbocycles. The normalized spacial score (nSPS) is 26.8. The van der Waals surface area contributed by atoms with E-state index in [0.29, 0.717) is 0 Å². The fourth-order valence-corrected chi connectivity index (χ4v) is 4.45. The van der Waals surface area contributed by atoms with Gasteiger partial charge in [-0.15, -0.1) is 0 Å². The summed E-state index contributed by atoms with van der Waals surface area (Å²) in [5, 5.41) is 3.64. The van der Waals surface area contributed by atoms with Crippen LogP contribution in [0.1, 0.15) is 40.7 Å². The van der Waals surface area contributed by atoms with E-state index in [1.165, 1.54) is 5.56 Å². The van der Waals surface area contributed by atoms with Crippen molar-refractivity contribution in [2.45, 2.75) is 24.9 Å². The van der Waals surface area contributed by atoms with Crippen molar-refractivity contribution in [3.63, 3.8) is 0 Å². The van der Waals surface area contributed by atoms with E-state index in [4.69, 9.17) is 28.4 Å². The van der Waals surface area contributed by atoms with Gasteiger partial charge in [-0.05, 0) is 47.9 Å². The van der Waals surface area contributed by atoms with E-state index >= 15 is 0 Å². The minimum atomic E-state index is -0.531. The summed E-state index contributed by atoms with van der Waals surface area (Å²) in [6, 6.07) is 8.15. The minimum absolute atomic E-state index is 0.0116. The van der Waals surface area contributed by atoms with Crippen LogP contribution in [-0.2, 0) is 15.9 Å². The third kappa shape index (κ3) is 2.19. The lowest BCUT2D eigenvalue weighted by Crippen LogP contribution is -2.34. The second kappa shape index (κ2) is 5.76. The SMILES string of the molecule is CO[C@H]1O[C@H]2c3cc4c(cc3CCN[C@@H]2c2ccc3c(c21)OCO3)OCO4. The molecular formula is C20H19NO6. The molecule has 0 fully saturated rings. The molecule has 0 spiro atoms. The van der Waals surface area contributed by atoms with Crippen molar-refractivity contribution in [1.82, 2.24) is 5.32 Å². The van der Waals surface area contributed by atoms with Crippen LogP contribution in [0.2, 0.25) is 0 Å². The minimum Gasteiger partial charge on any atom is -0.454 e. The molecule has 0 saturated carbocycles.